The lowest BCUT2D eigenvalue weighted by molar-refractivity contribution is -0.161. The van der Waals surface area contributed by atoms with Gasteiger partial charge in [-0.15, -0.1) is 0 Å². The zero-order chi connectivity index (χ0) is 78.5. The molecule has 636 valence electrons. The molecule has 3 N–H and O–H groups in total. The number of hydrogen-bond acceptors (Lipinski definition) is 15. The molecule has 0 spiro atoms. The minimum atomic E-state index is -4.97. The predicted octanol–water partition coefficient (Wildman–Crippen LogP) is 27.0. The maximum atomic E-state index is 13.2. The van der Waals surface area contributed by atoms with Gasteiger partial charge < -0.3 is 33.8 Å². The Labute approximate surface area is 658 Å². The van der Waals surface area contributed by atoms with Crippen LogP contribution in [0.3, 0.4) is 0 Å². The van der Waals surface area contributed by atoms with Crippen molar-refractivity contribution < 1.29 is 80.2 Å². The molecule has 0 aliphatic carbocycles. The minimum Gasteiger partial charge on any atom is -0.462 e. The molecule has 0 saturated carbocycles. The summed E-state index contributed by atoms with van der Waals surface area (Å²) in [5.41, 5.74) is 0. The molecule has 0 amide bonds. The van der Waals surface area contributed by atoms with Gasteiger partial charge in [0, 0.05) is 25.7 Å². The summed E-state index contributed by atoms with van der Waals surface area (Å²) in [6.07, 6.45) is 72.4. The van der Waals surface area contributed by atoms with Gasteiger partial charge in [0.2, 0.25) is 0 Å². The molecular formula is C88H172O17P2. The molecule has 0 rings (SSSR count). The van der Waals surface area contributed by atoms with Crippen LogP contribution in [0.2, 0.25) is 0 Å². The first-order chi connectivity index (χ1) is 51.9. The van der Waals surface area contributed by atoms with Crippen molar-refractivity contribution in [2.24, 2.45) is 11.8 Å². The summed E-state index contributed by atoms with van der Waals surface area (Å²) in [5, 5.41) is 10.7. The maximum absolute atomic E-state index is 13.2. The third-order valence-electron chi connectivity index (χ3n) is 21.1. The summed E-state index contributed by atoms with van der Waals surface area (Å²) in [7, 11) is -9.93. The van der Waals surface area contributed by atoms with E-state index in [1.807, 2.05) is 0 Å². The standard InChI is InChI=1S/C88H172O17P2/c1-7-10-12-14-16-18-20-22-23-24-25-26-27-28-32-35-39-42-46-52-58-64-70-85(90)98-76-83(104-88(93)73-67-61-54-48-44-40-36-33-30-29-31-34-38-41-45-51-57-63-69-81(6)9-3)78-102-106(94,95)100-74-82(89)75-101-107(96,97)103-79-84(77-99-86(91)71-65-59-55-49-50-56-62-68-80(4)5)105-87(92)72-66-60-53-47-43-37-21-19-17-15-13-11-8-2/h80-84,89H,7-79H2,1-6H3,(H,94,95)(H,96,97)/t81?,82-,83-,84-/m1/s1. The number of carbonyl (C=O) groups excluding carboxylic acids is 4. The number of aliphatic hydroxyl groups is 1. The van der Waals surface area contributed by atoms with Crippen molar-refractivity contribution in [3.05, 3.63) is 0 Å². The zero-order valence-electron chi connectivity index (χ0n) is 70.5. The smallest absolute Gasteiger partial charge is 0.462 e. The van der Waals surface area contributed by atoms with Crippen LogP contribution in [0.1, 0.15) is 472 Å². The van der Waals surface area contributed by atoms with Crippen LogP contribution in [-0.4, -0.2) is 96.7 Å². The average molecular weight is 1560 g/mol. The van der Waals surface area contributed by atoms with E-state index in [9.17, 15) is 43.2 Å². The fourth-order valence-electron chi connectivity index (χ4n) is 13.7. The number of rotatable bonds is 87. The largest absolute Gasteiger partial charge is 0.472 e. The highest BCUT2D eigenvalue weighted by atomic mass is 31.2. The van der Waals surface area contributed by atoms with Gasteiger partial charge in [-0.1, -0.05) is 420 Å². The van der Waals surface area contributed by atoms with E-state index in [0.717, 1.165) is 102 Å². The average Bonchev–Trinajstić information content (AvgIpc) is 0.903. The van der Waals surface area contributed by atoms with Gasteiger partial charge in [0.25, 0.3) is 0 Å². The molecule has 0 bridgehead atoms. The van der Waals surface area contributed by atoms with Crippen molar-refractivity contribution >= 4 is 39.5 Å². The Morgan fingerprint density at radius 3 is 0.710 bits per heavy atom. The van der Waals surface area contributed by atoms with E-state index < -0.39 is 97.5 Å². The molecular weight excluding hydrogens is 1390 g/mol. The van der Waals surface area contributed by atoms with Crippen molar-refractivity contribution in [2.45, 2.75) is 490 Å². The normalized spacial score (nSPS) is 14.0. The number of phosphoric ester groups is 2. The number of hydrogen-bond donors (Lipinski definition) is 3. The SMILES string of the molecule is CCCCCCCCCCCCCCCCCCCCCCCCC(=O)OC[C@H](COP(=O)(O)OC[C@@H](O)COP(=O)(O)OC[C@@H](COC(=O)CCCCCCCCCC(C)C)OC(=O)CCCCCCCCCCCCCCC)OC(=O)CCCCCCCCCCCCCCCCCCCCC(C)CC. The van der Waals surface area contributed by atoms with E-state index in [-0.39, 0.29) is 25.7 Å². The third-order valence-corrected chi connectivity index (χ3v) is 23.0. The van der Waals surface area contributed by atoms with Gasteiger partial charge in [-0.05, 0) is 37.5 Å². The van der Waals surface area contributed by atoms with Crippen molar-refractivity contribution in [3.8, 4) is 0 Å². The van der Waals surface area contributed by atoms with E-state index >= 15 is 0 Å². The molecule has 0 aromatic heterocycles. The van der Waals surface area contributed by atoms with Gasteiger partial charge in [-0.2, -0.15) is 0 Å². The van der Waals surface area contributed by atoms with Crippen molar-refractivity contribution in [3.63, 3.8) is 0 Å². The Morgan fingerprint density at radius 2 is 0.477 bits per heavy atom. The van der Waals surface area contributed by atoms with Gasteiger partial charge in [-0.25, -0.2) is 9.13 Å². The van der Waals surface area contributed by atoms with Crippen LogP contribution in [0.25, 0.3) is 0 Å². The summed E-state index contributed by atoms with van der Waals surface area (Å²) < 4.78 is 68.9. The second kappa shape index (κ2) is 79.3. The summed E-state index contributed by atoms with van der Waals surface area (Å²) >= 11 is 0. The topological polar surface area (TPSA) is 237 Å². The molecule has 0 aromatic carbocycles. The van der Waals surface area contributed by atoms with Gasteiger partial charge in [0.15, 0.2) is 12.2 Å². The van der Waals surface area contributed by atoms with Gasteiger partial charge in [0.05, 0.1) is 26.4 Å². The van der Waals surface area contributed by atoms with Crippen LogP contribution < -0.4 is 0 Å². The Kier molecular flexibility index (Phi) is 77.9. The van der Waals surface area contributed by atoms with Gasteiger partial charge in [0.1, 0.15) is 19.3 Å². The second-order valence-electron chi connectivity index (χ2n) is 32.4. The number of carbonyl (C=O) groups is 4. The quantitative estimate of drug-likeness (QED) is 0.0222. The van der Waals surface area contributed by atoms with Crippen molar-refractivity contribution in [2.75, 3.05) is 39.6 Å². The van der Waals surface area contributed by atoms with Crippen molar-refractivity contribution in [1.82, 2.24) is 0 Å². The molecule has 19 heteroatoms. The molecule has 0 fully saturated rings. The highest BCUT2D eigenvalue weighted by Crippen LogP contribution is 2.45. The van der Waals surface area contributed by atoms with Crippen LogP contribution in [0, 0.1) is 11.8 Å². The van der Waals surface area contributed by atoms with Gasteiger partial charge in [-0.3, -0.25) is 37.3 Å². The van der Waals surface area contributed by atoms with Crippen LogP contribution in [0.15, 0.2) is 0 Å². The van der Waals surface area contributed by atoms with E-state index in [4.69, 9.17) is 37.0 Å². The number of ether oxygens (including phenoxy) is 4. The number of phosphoric acid groups is 2. The highest BCUT2D eigenvalue weighted by Gasteiger charge is 2.31. The second-order valence-corrected chi connectivity index (χ2v) is 35.3. The lowest BCUT2D eigenvalue weighted by Gasteiger charge is -2.21. The Morgan fingerprint density at radius 1 is 0.271 bits per heavy atom. The molecule has 0 radical (unpaired) electrons. The van der Waals surface area contributed by atoms with Crippen molar-refractivity contribution in [1.29, 1.82) is 0 Å². The Bertz CT molecular complexity index is 2050. The first-order valence-corrected chi connectivity index (χ1v) is 48.5. The summed E-state index contributed by atoms with van der Waals surface area (Å²) in [5.74, 6) is -0.526. The summed E-state index contributed by atoms with van der Waals surface area (Å²) in [4.78, 5) is 73.2. The molecule has 3 unspecified atom stereocenters. The van der Waals surface area contributed by atoms with Crippen LogP contribution in [-0.2, 0) is 65.4 Å². The molecule has 17 nitrogen and oxygen atoms in total. The number of unbranched alkanes of at least 4 members (excludes halogenated alkanes) is 56. The minimum absolute atomic E-state index is 0.107. The molecule has 0 aliphatic rings. The Hall–Kier alpha value is -1.94. The fourth-order valence-corrected chi connectivity index (χ4v) is 15.3. The molecule has 0 saturated heterocycles. The predicted molar refractivity (Wildman–Crippen MR) is 442 cm³/mol. The number of esters is 4. The first-order valence-electron chi connectivity index (χ1n) is 45.5. The number of aliphatic hydroxyl groups excluding tert-OH is 1. The molecule has 6 atom stereocenters. The van der Waals surface area contributed by atoms with Crippen LogP contribution >= 0.6 is 15.6 Å². The van der Waals surface area contributed by atoms with E-state index in [1.165, 1.54) is 283 Å². The fraction of sp³-hybridized carbons (Fsp3) is 0.955. The highest BCUT2D eigenvalue weighted by molar-refractivity contribution is 7.47. The lowest BCUT2D eigenvalue weighted by Crippen LogP contribution is -2.30. The zero-order valence-corrected chi connectivity index (χ0v) is 72.2. The molecule has 107 heavy (non-hydrogen) atoms. The molecule has 0 aliphatic heterocycles. The summed E-state index contributed by atoms with van der Waals surface area (Å²) in [6.45, 7) is 9.68. The third kappa shape index (κ3) is 80.5. The van der Waals surface area contributed by atoms with E-state index in [0.29, 0.717) is 31.6 Å². The van der Waals surface area contributed by atoms with Crippen LogP contribution in [0.4, 0.5) is 0 Å². The Balaban J connectivity index is 5.19. The molecule has 0 aromatic rings. The lowest BCUT2D eigenvalue weighted by atomic mass is 9.99. The van der Waals surface area contributed by atoms with Crippen LogP contribution in [0.5, 0.6) is 0 Å². The monoisotopic (exact) mass is 1560 g/mol. The summed E-state index contributed by atoms with van der Waals surface area (Å²) in [6, 6.07) is 0. The van der Waals surface area contributed by atoms with E-state index in [1.54, 1.807) is 0 Å². The maximum Gasteiger partial charge on any atom is 0.472 e. The van der Waals surface area contributed by atoms with Gasteiger partial charge >= 0.3 is 39.5 Å². The first kappa shape index (κ1) is 105. The van der Waals surface area contributed by atoms with E-state index in [2.05, 4.69) is 41.5 Å². The molecule has 0 heterocycles.